The van der Waals surface area contributed by atoms with Gasteiger partial charge in [0.1, 0.15) is 0 Å². The fourth-order valence-corrected chi connectivity index (χ4v) is 4.61. The van der Waals surface area contributed by atoms with E-state index in [-0.39, 0.29) is 11.5 Å². The highest BCUT2D eigenvalue weighted by Gasteiger charge is 2.37. The average Bonchev–Trinajstić information content (AvgIpc) is 2.89. The molecule has 0 N–H and O–H groups in total. The summed E-state index contributed by atoms with van der Waals surface area (Å²) in [4.78, 5) is 28.0. The SMILES string of the molecule is CCN(C(=O)C(=O)N(CC)C1CCS(=O)(=O)C1)c1ccccc1. The van der Waals surface area contributed by atoms with Crippen molar-refractivity contribution in [3.05, 3.63) is 30.3 Å². The van der Waals surface area contributed by atoms with E-state index in [4.69, 9.17) is 0 Å². The van der Waals surface area contributed by atoms with E-state index in [9.17, 15) is 18.0 Å². The van der Waals surface area contributed by atoms with E-state index in [1.54, 1.807) is 38.1 Å². The third kappa shape index (κ3) is 3.90. The van der Waals surface area contributed by atoms with E-state index in [0.29, 0.717) is 25.2 Å². The Morgan fingerprint density at radius 2 is 1.74 bits per heavy atom. The van der Waals surface area contributed by atoms with Gasteiger partial charge in [-0.3, -0.25) is 9.59 Å². The summed E-state index contributed by atoms with van der Waals surface area (Å²) in [6.45, 7) is 4.25. The predicted octanol–water partition coefficient (Wildman–Crippen LogP) is 1.08. The molecule has 1 atom stereocenters. The number of hydrogen-bond acceptors (Lipinski definition) is 4. The molecule has 23 heavy (non-hydrogen) atoms. The van der Waals surface area contributed by atoms with Gasteiger partial charge < -0.3 is 9.80 Å². The van der Waals surface area contributed by atoms with Crippen LogP contribution in [0.4, 0.5) is 5.69 Å². The van der Waals surface area contributed by atoms with E-state index < -0.39 is 27.7 Å². The van der Waals surface area contributed by atoms with E-state index in [1.807, 2.05) is 6.07 Å². The summed E-state index contributed by atoms with van der Waals surface area (Å²) in [5, 5.41) is 0. The Hall–Kier alpha value is -1.89. The molecule has 1 fully saturated rings. The topological polar surface area (TPSA) is 74.8 Å². The average molecular weight is 338 g/mol. The predicted molar refractivity (Wildman–Crippen MR) is 88.9 cm³/mol. The lowest BCUT2D eigenvalue weighted by molar-refractivity contribution is -0.145. The Morgan fingerprint density at radius 1 is 1.09 bits per heavy atom. The molecule has 0 aliphatic carbocycles. The highest BCUT2D eigenvalue weighted by molar-refractivity contribution is 7.91. The smallest absolute Gasteiger partial charge is 0.316 e. The fraction of sp³-hybridized carbons (Fsp3) is 0.500. The molecule has 7 heteroatoms. The van der Waals surface area contributed by atoms with E-state index >= 15 is 0 Å². The molecule has 1 unspecified atom stereocenters. The Labute approximate surface area is 137 Å². The summed E-state index contributed by atoms with van der Waals surface area (Å²) in [5.41, 5.74) is 0.656. The van der Waals surface area contributed by atoms with Crippen LogP contribution in [0.1, 0.15) is 20.3 Å². The van der Waals surface area contributed by atoms with Crippen LogP contribution in [-0.4, -0.2) is 55.8 Å². The van der Waals surface area contributed by atoms with Crippen LogP contribution in [-0.2, 0) is 19.4 Å². The Morgan fingerprint density at radius 3 is 2.22 bits per heavy atom. The van der Waals surface area contributed by atoms with Gasteiger partial charge in [-0.25, -0.2) is 8.42 Å². The molecule has 126 valence electrons. The zero-order valence-electron chi connectivity index (χ0n) is 13.4. The lowest BCUT2D eigenvalue weighted by Crippen LogP contribution is -2.49. The molecular formula is C16H22N2O4S. The number of carbonyl (C=O) groups is 2. The van der Waals surface area contributed by atoms with Crippen molar-refractivity contribution in [3.63, 3.8) is 0 Å². The number of para-hydroxylation sites is 1. The number of sulfone groups is 1. The third-order valence-electron chi connectivity index (χ3n) is 4.06. The molecule has 1 heterocycles. The van der Waals surface area contributed by atoms with Gasteiger partial charge in [0.15, 0.2) is 9.84 Å². The molecule has 2 amide bonds. The van der Waals surface area contributed by atoms with Crippen LogP contribution in [0.25, 0.3) is 0 Å². The van der Waals surface area contributed by atoms with Crippen molar-refractivity contribution < 1.29 is 18.0 Å². The first-order valence-corrected chi connectivity index (χ1v) is 9.59. The van der Waals surface area contributed by atoms with Gasteiger partial charge in [-0.05, 0) is 32.4 Å². The van der Waals surface area contributed by atoms with Crippen molar-refractivity contribution in [1.82, 2.24) is 4.90 Å². The maximum Gasteiger partial charge on any atom is 0.316 e. The first-order chi connectivity index (χ1) is 10.9. The standard InChI is InChI=1S/C16H22N2O4S/c1-3-17(13-8-6-5-7-9-13)15(19)16(20)18(4-2)14-10-11-23(21,22)12-14/h5-9,14H,3-4,10-12H2,1-2H3. The third-order valence-corrected chi connectivity index (χ3v) is 5.81. The molecule has 6 nitrogen and oxygen atoms in total. The summed E-state index contributed by atoms with van der Waals surface area (Å²) in [6, 6.07) is 8.57. The molecule has 1 aromatic carbocycles. The minimum atomic E-state index is -3.11. The van der Waals surface area contributed by atoms with Gasteiger partial charge in [0.25, 0.3) is 0 Å². The largest absolute Gasteiger partial charge is 0.331 e. The van der Waals surface area contributed by atoms with Crippen LogP contribution < -0.4 is 4.90 Å². The summed E-state index contributed by atoms with van der Waals surface area (Å²) in [5.74, 6) is -1.24. The monoisotopic (exact) mass is 338 g/mol. The molecule has 2 rings (SSSR count). The number of amides is 2. The minimum Gasteiger partial charge on any atom is -0.331 e. The number of hydrogen-bond donors (Lipinski definition) is 0. The fourth-order valence-electron chi connectivity index (χ4n) is 2.88. The first-order valence-electron chi connectivity index (χ1n) is 7.77. The maximum atomic E-state index is 12.6. The molecule has 0 saturated carbocycles. The summed E-state index contributed by atoms with van der Waals surface area (Å²) in [7, 11) is -3.11. The van der Waals surface area contributed by atoms with Crippen LogP contribution in [0.15, 0.2) is 30.3 Å². The van der Waals surface area contributed by atoms with Crippen molar-refractivity contribution in [2.45, 2.75) is 26.3 Å². The Bertz CT molecular complexity index is 673. The van der Waals surface area contributed by atoms with Crippen LogP contribution in [0.5, 0.6) is 0 Å². The first kappa shape index (κ1) is 17.5. The molecule has 0 bridgehead atoms. The lowest BCUT2D eigenvalue weighted by Gasteiger charge is -2.29. The number of benzene rings is 1. The van der Waals surface area contributed by atoms with Gasteiger partial charge in [-0.1, -0.05) is 18.2 Å². The van der Waals surface area contributed by atoms with Crippen molar-refractivity contribution in [2.75, 3.05) is 29.5 Å². The minimum absolute atomic E-state index is 0.0582. The van der Waals surface area contributed by atoms with Crippen molar-refractivity contribution in [2.24, 2.45) is 0 Å². The molecule has 1 aliphatic rings. The number of carbonyl (C=O) groups excluding carboxylic acids is 2. The van der Waals surface area contributed by atoms with Crippen LogP contribution >= 0.6 is 0 Å². The summed E-state index contributed by atoms with van der Waals surface area (Å²) in [6.07, 6.45) is 0.395. The molecule has 0 spiro atoms. The summed E-state index contributed by atoms with van der Waals surface area (Å²) < 4.78 is 23.3. The highest BCUT2D eigenvalue weighted by atomic mass is 32.2. The van der Waals surface area contributed by atoms with Gasteiger partial charge >= 0.3 is 11.8 Å². The van der Waals surface area contributed by atoms with Crippen LogP contribution in [0.3, 0.4) is 0 Å². The van der Waals surface area contributed by atoms with E-state index in [0.717, 1.165) is 0 Å². The van der Waals surface area contributed by atoms with Crippen molar-refractivity contribution in [3.8, 4) is 0 Å². The van der Waals surface area contributed by atoms with Crippen molar-refractivity contribution >= 4 is 27.3 Å². The second-order valence-electron chi connectivity index (χ2n) is 5.53. The number of nitrogens with zero attached hydrogens (tertiary/aromatic N) is 2. The van der Waals surface area contributed by atoms with Crippen LogP contribution in [0.2, 0.25) is 0 Å². The summed E-state index contributed by atoms with van der Waals surface area (Å²) >= 11 is 0. The normalized spacial score (nSPS) is 19.3. The second kappa shape index (κ2) is 7.12. The van der Waals surface area contributed by atoms with E-state index in [1.165, 1.54) is 9.80 Å². The molecular weight excluding hydrogens is 316 g/mol. The molecule has 0 aromatic heterocycles. The second-order valence-corrected chi connectivity index (χ2v) is 7.76. The van der Waals surface area contributed by atoms with Crippen molar-refractivity contribution in [1.29, 1.82) is 0 Å². The molecule has 1 aromatic rings. The molecule has 0 radical (unpaired) electrons. The number of likely N-dealkylation sites (N-methyl/N-ethyl adjacent to an activating group) is 2. The van der Waals surface area contributed by atoms with Gasteiger partial charge in [0, 0.05) is 24.8 Å². The highest BCUT2D eigenvalue weighted by Crippen LogP contribution is 2.20. The van der Waals surface area contributed by atoms with Gasteiger partial charge in [-0.2, -0.15) is 0 Å². The van der Waals surface area contributed by atoms with E-state index in [2.05, 4.69) is 0 Å². The lowest BCUT2D eigenvalue weighted by atomic mass is 10.2. The Kier molecular flexibility index (Phi) is 5.41. The zero-order chi connectivity index (χ0) is 17.0. The van der Waals surface area contributed by atoms with Gasteiger partial charge in [-0.15, -0.1) is 0 Å². The van der Waals surface area contributed by atoms with Gasteiger partial charge in [0.2, 0.25) is 0 Å². The van der Waals surface area contributed by atoms with Gasteiger partial charge in [0.05, 0.1) is 11.5 Å². The number of anilines is 1. The van der Waals surface area contributed by atoms with Crippen LogP contribution in [0, 0.1) is 0 Å². The maximum absolute atomic E-state index is 12.6. The molecule has 1 aliphatic heterocycles. The number of rotatable bonds is 4. The molecule has 1 saturated heterocycles. The Balaban J connectivity index is 2.18. The zero-order valence-corrected chi connectivity index (χ0v) is 14.3. The quantitative estimate of drug-likeness (QED) is 0.770.